The molecule has 0 saturated carbocycles. The molecule has 0 aliphatic heterocycles. The second-order valence-corrected chi connectivity index (χ2v) is 5.24. The van der Waals surface area contributed by atoms with E-state index in [9.17, 15) is 14.7 Å². The van der Waals surface area contributed by atoms with E-state index in [0.717, 1.165) is 0 Å². The van der Waals surface area contributed by atoms with Gasteiger partial charge in [0.15, 0.2) is 5.60 Å². The van der Waals surface area contributed by atoms with Gasteiger partial charge in [-0.3, -0.25) is 4.79 Å². The zero-order valence-electron chi connectivity index (χ0n) is 10.1. The van der Waals surface area contributed by atoms with Crippen molar-refractivity contribution in [3.8, 4) is 0 Å². The average molecular weight is 295 g/mol. The second-order valence-electron chi connectivity index (χ2n) is 4.13. The lowest BCUT2D eigenvalue weighted by molar-refractivity contribution is -0.171. The molecule has 0 fully saturated rings. The third-order valence-electron chi connectivity index (χ3n) is 2.09. The zero-order valence-corrected chi connectivity index (χ0v) is 11.7. The average Bonchev–Trinajstić information content (AvgIpc) is 2.14. The van der Waals surface area contributed by atoms with Crippen LogP contribution in [0, 0.1) is 0 Å². The van der Waals surface area contributed by atoms with Crippen LogP contribution in [0.5, 0.6) is 0 Å². The van der Waals surface area contributed by atoms with Crippen LogP contribution in [-0.2, 0) is 14.3 Å². The Hall–Kier alpha value is -0.420. The summed E-state index contributed by atoms with van der Waals surface area (Å²) in [4.78, 5) is 22.3. The van der Waals surface area contributed by atoms with Crippen molar-refractivity contribution in [3.63, 3.8) is 0 Å². The highest BCUT2D eigenvalue weighted by Crippen LogP contribution is 2.27. The fourth-order valence-electron chi connectivity index (χ4n) is 1.34. The summed E-state index contributed by atoms with van der Waals surface area (Å²) in [6.07, 6.45) is -0.0261. The lowest BCUT2D eigenvalue weighted by Crippen LogP contribution is -2.49. The number of Topliss-reactive ketones (excluding diaryl/α,β-unsaturated/α-hetero) is 1. The van der Waals surface area contributed by atoms with Crippen LogP contribution in [0.2, 0.25) is 0 Å². The molecule has 0 rings (SSSR count). The smallest absolute Gasteiger partial charge is 0.340 e. The minimum Gasteiger partial charge on any atom is -0.461 e. The van der Waals surface area contributed by atoms with E-state index in [1.165, 1.54) is 6.92 Å². The van der Waals surface area contributed by atoms with Crippen LogP contribution in [0.4, 0.5) is 0 Å². The van der Waals surface area contributed by atoms with Crippen LogP contribution in [0.15, 0.2) is 0 Å². The maximum absolute atomic E-state index is 11.8. The van der Waals surface area contributed by atoms with Gasteiger partial charge in [-0.25, -0.2) is 4.79 Å². The van der Waals surface area contributed by atoms with E-state index in [1.54, 1.807) is 13.8 Å². The molecule has 0 radical (unpaired) electrons. The third kappa shape index (κ3) is 4.22. The number of carbonyl (C=O) groups is 2. The first kappa shape index (κ1) is 15.6. The molecule has 0 aromatic rings. The van der Waals surface area contributed by atoms with Gasteiger partial charge < -0.3 is 9.84 Å². The molecule has 4 nitrogen and oxygen atoms in total. The number of ketones is 1. The number of halogens is 1. The van der Waals surface area contributed by atoms with Crippen molar-refractivity contribution in [2.24, 2.45) is 0 Å². The van der Waals surface area contributed by atoms with Gasteiger partial charge in [0.25, 0.3) is 0 Å². The Labute approximate surface area is 104 Å². The highest BCUT2D eigenvalue weighted by Gasteiger charge is 2.44. The lowest BCUT2D eigenvalue weighted by atomic mass is 9.92. The van der Waals surface area contributed by atoms with Gasteiger partial charge in [-0.05, 0) is 27.2 Å². The van der Waals surface area contributed by atoms with E-state index in [0.29, 0.717) is 6.42 Å². The monoisotopic (exact) mass is 294 g/mol. The molecular weight excluding hydrogens is 276 g/mol. The van der Waals surface area contributed by atoms with Crippen molar-refractivity contribution in [2.75, 3.05) is 0 Å². The van der Waals surface area contributed by atoms with E-state index in [1.807, 2.05) is 6.92 Å². The molecule has 2 atom stereocenters. The van der Waals surface area contributed by atoms with Gasteiger partial charge in [0.1, 0.15) is 5.78 Å². The molecular formula is C11H19BrO4. The fraction of sp³-hybridized carbons (Fsp3) is 0.818. The first-order chi connectivity index (χ1) is 7.24. The Bertz CT molecular complexity index is 265. The summed E-state index contributed by atoms with van der Waals surface area (Å²) in [5.41, 5.74) is -1.77. The Morgan fingerprint density at radius 2 is 1.94 bits per heavy atom. The van der Waals surface area contributed by atoms with Crippen molar-refractivity contribution in [3.05, 3.63) is 0 Å². The molecule has 5 heteroatoms. The molecule has 0 unspecified atom stereocenters. The SMILES string of the molecule is CC[C@@H](Br)[C@@](O)(CC(C)=O)C(=O)OC(C)C. The van der Waals surface area contributed by atoms with Crippen LogP contribution >= 0.6 is 15.9 Å². The van der Waals surface area contributed by atoms with Crippen LogP contribution in [0.25, 0.3) is 0 Å². The lowest BCUT2D eigenvalue weighted by Gasteiger charge is -2.30. The largest absolute Gasteiger partial charge is 0.461 e. The topological polar surface area (TPSA) is 63.6 Å². The van der Waals surface area contributed by atoms with Gasteiger partial charge in [-0.1, -0.05) is 22.9 Å². The Morgan fingerprint density at radius 1 is 1.44 bits per heavy atom. The summed E-state index contributed by atoms with van der Waals surface area (Å²) < 4.78 is 4.97. The molecule has 0 aliphatic rings. The number of ether oxygens (including phenoxy) is 1. The predicted octanol–water partition coefficient (Wildman–Crippen LogP) is 1.82. The third-order valence-corrected chi connectivity index (χ3v) is 3.50. The van der Waals surface area contributed by atoms with E-state index >= 15 is 0 Å². The standard InChI is InChI=1S/C11H19BrO4/c1-5-9(12)11(15,6-8(4)13)10(14)16-7(2)3/h7,9,15H,5-6H2,1-4H3/t9-,11+/m1/s1. The van der Waals surface area contributed by atoms with Gasteiger partial charge in [-0.2, -0.15) is 0 Å². The summed E-state index contributed by atoms with van der Waals surface area (Å²) in [5, 5.41) is 10.2. The molecule has 16 heavy (non-hydrogen) atoms. The van der Waals surface area contributed by atoms with E-state index in [-0.39, 0.29) is 18.3 Å². The number of hydrogen-bond acceptors (Lipinski definition) is 4. The van der Waals surface area contributed by atoms with E-state index in [2.05, 4.69) is 15.9 Å². The maximum atomic E-state index is 11.8. The first-order valence-corrected chi connectivity index (χ1v) is 6.22. The highest BCUT2D eigenvalue weighted by atomic mass is 79.9. The van der Waals surface area contributed by atoms with Gasteiger partial charge in [0.05, 0.1) is 10.9 Å². The molecule has 0 amide bonds. The van der Waals surface area contributed by atoms with Crippen molar-refractivity contribution in [1.29, 1.82) is 0 Å². The normalized spacial score (nSPS) is 16.7. The number of rotatable bonds is 6. The second kappa shape index (κ2) is 6.35. The summed E-state index contributed by atoms with van der Waals surface area (Å²) in [7, 11) is 0. The van der Waals surface area contributed by atoms with Crippen LogP contribution in [-0.4, -0.2) is 33.4 Å². The van der Waals surface area contributed by atoms with Crippen LogP contribution in [0.1, 0.15) is 40.5 Å². The van der Waals surface area contributed by atoms with Crippen molar-refractivity contribution in [2.45, 2.75) is 57.1 Å². The van der Waals surface area contributed by atoms with E-state index in [4.69, 9.17) is 4.74 Å². The van der Waals surface area contributed by atoms with Gasteiger partial charge >= 0.3 is 5.97 Å². The summed E-state index contributed by atoms with van der Waals surface area (Å²) >= 11 is 3.22. The van der Waals surface area contributed by atoms with Gasteiger partial charge in [0.2, 0.25) is 0 Å². The zero-order chi connectivity index (χ0) is 12.9. The summed E-state index contributed by atoms with van der Waals surface area (Å²) in [6.45, 7) is 6.54. The summed E-state index contributed by atoms with van der Waals surface area (Å²) in [5.74, 6) is -0.998. The Balaban J connectivity index is 4.91. The minimum atomic E-state index is -1.77. The molecule has 0 heterocycles. The highest BCUT2D eigenvalue weighted by molar-refractivity contribution is 9.09. The minimum absolute atomic E-state index is 0.234. The molecule has 1 N–H and O–H groups in total. The number of alkyl halides is 1. The maximum Gasteiger partial charge on any atom is 0.340 e. The predicted molar refractivity (Wildman–Crippen MR) is 64.5 cm³/mol. The van der Waals surface area contributed by atoms with Crippen LogP contribution < -0.4 is 0 Å². The van der Waals surface area contributed by atoms with Crippen LogP contribution in [0.3, 0.4) is 0 Å². The first-order valence-electron chi connectivity index (χ1n) is 5.31. The van der Waals surface area contributed by atoms with Crippen molar-refractivity contribution >= 4 is 27.7 Å². The number of carbonyl (C=O) groups excluding carboxylic acids is 2. The number of aliphatic hydroxyl groups is 1. The number of hydrogen-bond donors (Lipinski definition) is 1. The Morgan fingerprint density at radius 3 is 2.25 bits per heavy atom. The molecule has 0 aliphatic carbocycles. The molecule has 0 saturated heterocycles. The molecule has 0 spiro atoms. The van der Waals surface area contributed by atoms with Crippen molar-refractivity contribution in [1.82, 2.24) is 0 Å². The molecule has 0 aromatic carbocycles. The fourth-order valence-corrected chi connectivity index (χ4v) is 1.69. The Kier molecular flexibility index (Phi) is 6.18. The quantitative estimate of drug-likeness (QED) is 0.600. The summed E-state index contributed by atoms with van der Waals surface area (Å²) in [6, 6.07) is 0. The van der Waals surface area contributed by atoms with E-state index < -0.39 is 16.4 Å². The molecule has 0 bridgehead atoms. The van der Waals surface area contributed by atoms with Gasteiger partial charge in [-0.15, -0.1) is 0 Å². The van der Waals surface area contributed by atoms with Crippen molar-refractivity contribution < 1.29 is 19.4 Å². The van der Waals surface area contributed by atoms with Gasteiger partial charge in [0, 0.05) is 6.42 Å². The molecule has 94 valence electrons. The number of esters is 1. The molecule has 0 aromatic heterocycles.